The number of carbonyl (C=O) groups excluding carboxylic acids is 1. The summed E-state index contributed by atoms with van der Waals surface area (Å²) in [6.07, 6.45) is 1.54. The van der Waals surface area contributed by atoms with Crippen molar-refractivity contribution in [2.45, 2.75) is 19.4 Å². The minimum Gasteiger partial charge on any atom is -0.489 e. The molecule has 0 aliphatic carbocycles. The highest BCUT2D eigenvalue weighted by molar-refractivity contribution is 6.12. The lowest BCUT2D eigenvalue weighted by atomic mass is 9.96. The van der Waals surface area contributed by atoms with Crippen molar-refractivity contribution in [3.8, 4) is 17.1 Å². The van der Waals surface area contributed by atoms with Gasteiger partial charge >= 0.3 is 0 Å². The molecule has 1 aliphatic rings. The molecule has 2 bridgehead atoms. The van der Waals surface area contributed by atoms with Crippen molar-refractivity contribution in [3.05, 3.63) is 88.7 Å². The van der Waals surface area contributed by atoms with Crippen LogP contribution >= 0.6 is 0 Å². The van der Waals surface area contributed by atoms with Crippen molar-refractivity contribution in [2.75, 3.05) is 7.05 Å². The zero-order valence-corrected chi connectivity index (χ0v) is 16.5. The van der Waals surface area contributed by atoms with E-state index >= 15 is 0 Å². The van der Waals surface area contributed by atoms with E-state index in [1.54, 1.807) is 19.2 Å². The maximum atomic E-state index is 13.4. The second-order valence-corrected chi connectivity index (χ2v) is 7.42. The SMILES string of the molecule is CNC(=O)c1c(-c2ccc(F)cc2)oc2ccc3c(c12)CCc1cccc(c1)CO3. The van der Waals surface area contributed by atoms with Crippen LogP contribution < -0.4 is 10.1 Å². The summed E-state index contributed by atoms with van der Waals surface area (Å²) in [4.78, 5) is 12.9. The molecule has 0 saturated heterocycles. The zero-order chi connectivity index (χ0) is 20.7. The van der Waals surface area contributed by atoms with Crippen LogP contribution in [0.5, 0.6) is 5.75 Å². The number of hydrogen-bond donors (Lipinski definition) is 1. The fourth-order valence-electron chi connectivity index (χ4n) is 4.08. The third-order valence-corrected chi connectivity index (χ3v) is 5.53. The lowest BCUT2D eigenvalue weighted by molar-refractivity contribution is 0.0964. The van der Waals surface area contributed by atoms with Gasteiger partial charge in [-0.25, -0.2) is 4.39 Å². The van der Waals surface area contributed by atoms with E-state index in [1.807, 2.05) is 24.3 Å². The van der Waals surface area contributed by atoms with Gasteiger partial charge in [-0.3, -0.25) is 4.79 Å². The molecule has 150 valence electrons. The van der Waals surface area contributed by atoms with Crippen molar-refractivity contribution in [1.82, 2.24) is 5.32 Å². The number of nitrogens with one attached hydrogen (secondary N) is 1. The molecule has 4 aromatic rings. The van der Waals surface area contributed by atoms with Gasteiger partial charge in [-0.15, -0.1) is 0 Å². The first kappa shape index (κ1) is 18.4. The number of halogens is 1. The van der Waals surface area contributed by atoms with Crippen molar-refractivity contribution < 1.29 is 18.3 Å². The Labute approximate surface area is 173 Å². The lowest BCUT2D eigenvalue weighted by Crippen LogP contribution is -2.18. The molecule has 4 nitrogen and oxygen atoms in total. The van der Waals surface area contributed by atoms with Crippen LogP contribution in [0.1, 0.15) is 27.0 Å². The first-order valence-electron chi connectivity index (χ1n) is 9.91. The highest BCUT2D eigenvalue weighted by Crippen LogP contribution is 2.40. The average molecular weight is 401 g/mol. The third-order valence-electron chi connectivity index (χ3n) is 5.53. The van der Waals surface area contributed by atoms with Crippen LogP contribution in [0.2, 0.25) is 0 Å². The van der Waals surface area contributed by atoms with E-state index in [9.17, 15) is 9.18 Å². The van der Waals surface area contributed by atoms with Gasteiger partial charge in [0.25, 0.3) is 5.91 Å². The fourth-order valence-corrected chi connectivity index (χ4v) is 4.08. The van der Waals surface area contributed by atoms with Crippen LogP contribution in [0.3, 0.4) is 0 Å². The number of fused-ring (bicyclic) bond motifs is 5. The number of carbonyl (C=O) groups is 1. The first-order valence-corrected chi connectivity index (χ1v) is 9.91. The number of furan rings is 1. The van der Waals surface area contributed by atoms with E-state index in [0.29, 0.717) is 35.5 Å². The monoisotopic (exact) mass is 401 g/mol. The highest BCUT2D eigenvalue weighted by atomic mass is 19.1. The topological polar surface area (TPSA) is 51.5 Å². The highest BCUT2D eigenvalue weighted by Gasteiger charge is 2.26. The minimum atomic E-state index is -0.340. The Bertz CT molecular complexity index is 1260. The van der Waals surface area contributed by atoms with Gasteiger partial charge in [0.2, 0.25) is 0 Å². The molecule has 0 saturated carbocycles. The molecule has 1 aromatic heterocycles. The molecule has 3 aromatic carbocycles. The van der Waals surface area contributed by atoms with Crippen molar-refractivity contribution >= 4 is 16.9 Å². The molecular weight excluding hydrogens is 381 g/mol. The summed E-state index contributed by atoms with van der Waals surface area (Å²) in [7, 11) is 1.59. The Hall–Kier alpha value is -3.60. The fraction of sp³-hybridized carbons (Fsp3) is 0.160. The predicted molar refractivity (Wildman–Crippen MR) is 113 cm³/mol. The van der Waals surface area contributed by atoms with E-state index in [0.717, 1.165) is 28.7 Å². The Morgan fingerprint density at radius 1 is 1.00 bits per heavy atom. The van der Waals surface area contributed by atoms with Crippen LogP contribution in [0.4, 0.5) is 4.39 Å². The van der Waals surface area contributed by atoms with E-state index in [2.05, 4.69) is 17.4 Å². The van der Waals surface area contributed by atoms with Crippen LogP contribution in [0, 0.1) is 5.82 Å². The van der Waals surface area contributed by atoms with Crippen molar-refractivity contribution in [3.63, 3.8) is 0 Å². The number of benzene rings is 3. The van der Waals surface area contributed by atoms with Crippen LogP contribution in [-0.4, -0.2) is 13.0 Å². The normalized spacial score (nSPS) is 13.0. The number of rotatable bonds is 2. The quantitative estimate of drug-likeness (QED) is 0.497. The summed E-state index contributed by atoms with van der Waals surface area (Å²) in [5.41, 5.74) is 5.00. The summed E-state index contributed by atoms with van der Waals surface area (Å²) in [6, 6.07) is 18.1. The van der Waals surface area contributed by atoms with Gasteiger partial charge in [0.1, 0.15) is 29.5 Å². The van der Waals surface area contributed by atoms with E-state index in [-0.39, 0.29) is 11.7 Å². The van der Waals surface area contributed by atoms with Gasteiger partial charge < -0.3 is 14.5 Å². The Morgan fingerprint density at radius 2 is 1.80 bits per heavy atom. The van der Waals surface area contributed by atoms with Gasteiger partial charge in [-0.1, -0.05) is 24.3 Å². The molecule has 0 spiro atoms. The molecular formula is C25H20FNO3. The summed E-state index contributed by atoms with van der Waals surface area (Å²) in [5.74, 6) is 0.592. The lowest BCUT2D eigenvalue weighted by Gasteiger charge is -2.12. The van der Waals surface area contributed by atoms with Gasteiger partial charge in [0, 0.05) is 23.6 Å². The molecule has 1 amide bonds. The van der Waals surface area contributed by atoms with Gasteiger partial charge in [0.15, 0.2) is 0 Å². The Kier molecular flexibility index (Phi) is 4.51. The zero-order valence-electron chi connectivity index (χ0n) is 16.5. The number of aryl methyl sites for hydroxylation is 2. The standard InChI is InChI=1S/C25H20FNO3/c1-27-25(28)23-22-19-10-5-15-3-2-4-16(13-15)14-29-20(19)11-12-21(22)30-24(23)17-6-8-18(26)9-7-17/h2-4,6-9,11-13H,5,10,14H2,1H3,(H,27,28). The molecule has 1 N–H and O–H groups in total. The molecule has 0 atom stereocenters. The second-order valence-electron chi connectivity index (χ2n) is 7.42. The summed E-state index contributed by atoms with van der Waals surface area (Å²) in [6.45, 7) is 0.463. The molecule has 0 fully saturated rings. The smallest absolute Gasteiger partial charge is 0.255 e. The number of amides is 1. The maximum absolute atomic E-state index is 13.4. The van der Waals surface area contributed by atoms with Gasteiger partial charge in [0.05, 0.1) is 5.56 Å². The van der Waals surface area contributed by atoms with Gasteiger partial charge in [-0.2, -0.15) is 0 Å². The largest absolute Gasteiger partial charge is 0.489 e. The molecule has 30 heavy (non-hydrogen) atoms. The molecule has 5 heteroatoms. The Morgan fingerprint density at radius 3 is 2.60 bits per heavy atom. The minimum absolute atomic E-state index is 0.248. The summed E-state index contributed by atoms with van der Waals surface area (Å²) >= 11 is 0. The predicted octanol–water partition coefficient (Wildman–Crippen LogP) is 5.28. The van der Waals surface area contributed by atoms with E-state index < -0.39 is 0 Å². The number of ether oxygens (including phenoxy) is 1. The molecule has 5 rings (SSSR count). The Balaban J connectivity index is 1.74. The third kappa shape index (κ3) is 3.12. The van der Waals surface area contributed by atoms with Crippen LogP contribution in [0.25, 0.3) is 22.3 Å². The molecule has 2 heterocycles. The maximum Gasteiger partial charge on any atom is 0.255 e. The average Bonchev–Trinajstić information content (AvgIpc) is 3.17. The molecule has 1 aliphatic heterocycles. The van der Waals surface area contributed by atoms with E-state index in [4.69, 9.17) is 9.15 Å². The van der Waals surface area contributed by atoms with Crippen molar-refractivity contribution in [2.24, 2.45) is 0 Å². The summed E-state index contributed by atoms with van der Waals surface area (Å²) in [5, 5.41) is 3.47. The molecule has 0 radical (unpaired) electrons. The van der Waals surface area contributed by atoms with Crippen LogP contribution in [0.15, 0.2) is 65.1 Å². The van der Waals surface area contributed by atoms with Gasteiger partial charge in [-0.05, 0) is 60.4 Å². The van der Waals surface area contributed by atoms with Crippen LogP contribution in [-0.2, 0) is 19.4 Å². The number of hydrogen-bond acceptors (Lipinski definition) is 3. The molecule has 0 unspecified atom stereocenters. The summed E-state index contributed by atoms with van der Waals surface area (Å²) < 4.78 is 25.7. The first-order chi connectivity index (χ1) is 14.6. The van der Waals surface area contributed by atoms with E-state index in [1.165, 1.54) is 17.7 Å². The second kappa shape index (κ2) is 7.34. The van der Waals surface area contributed by atoms with Crippen molar-refractivity contribution in [1.29, 1.82) is 0 Å².